The molecule has 1 unspecified atom stereocenters. The molecule has 0 saturated carbocycles. The monoisotopic (exact) mass is 368 g/mol. The highest BCUT2D eigenvalue weighted by atomic mass is 32.2. The number of rotatable bonds is 6. The van der Waals surface area contributed by atoms with E-state index in [9.17, 15) is 9.59 Å². The van der Waals surface area contributed by atoms with Gasteiger partial charge in [0.05, 0.1) is 6.42 Å². The molecule has 0 bridgehead atoms. The summed E-state index contributed by atoms with van der Waals surface area (Å²) in [7, 11) is 0. The van der Waals surface area contributed by atoms with E-state index in [2.05, 4.69) is 17.4 Å². The van der Waals surface area contributed by atoms with Gasteiger partial charge in [-0.05, 0) is 41.5 Å². The van der Waals surface area contributed by atoms with Crippen molar-refractivity contribution in [2.45, 2.75) is 37.2 Å². The van der Waals surface area contributed by atoms with Gasteiger partial charge in [0.15, 0.2) is 0 Å². The topological polar surface area (TPSA) is 49.4 Å². The van der Waals surface area contributed by atoms with Crippen LogP contribution < -0.4 is 5.32 Å². The molecule has 26 heavy (non-hydrogen) atoms. The molecule has 2 amide bonds. The van der Waals surface area contributed by atoms with Crippen LogP contribution in [0.15, 0.2) is 53.4 Å². The maximum absolute atomic E-state index is 13.0. The molecular weight excluding hydrogens is 344 g/mol. The van der Waals surface area contributed by atoms with Crippen LogP contribution in [0.5, 0.6) is 0 Å². The van der Waals surface area contributed by atoms with Crippen molar-refractivity contribution < 1.29 is 9.59 Å². The number of benzene rings is 2. The second-order valence-electron chi connectivity index (χ2n) is 6.43. The van der Waals surface area contributed by atoms with Crippen molar-refractivity contribution in [1.29, 1.82) is 0 Å². The number of hydrogen-bond acceptors (Lipinski definition) is 3. The third-order valence-corrected chi connectivity index (χ3v) is 5.41. The quantitative estimate of drug-likeness (QED) is 0.793. The van der Waals surface area contributed by atoms with Crippen LogP contribution in [-0.4, -0.2) is 29.5 Å². The zero-order chi connectivity index (χ0) is 18.5. The molecule has 2 aromatic carbocycles. The third kappa shape index (κ3) is 3.93. The molecule has 1 aliphatic heterocycles. The van der Waals surface area contributed by atoms with Crippen LogP contribution in [0.4, 0.5) is 0 Å². The first-order chi connectivity index (χ1) is 12.6. The molecule has 3 rings (SSSR count). The van der Waals surface area contributed by atoms with Crippen molar-refractivity contribution >= 4 is 23.6 Å². The Bertz CT molecular complexity index is 789. The predicted molar refractivity (Wildman–Crippen MR) is 105 cm³/mol. The first-order valence-corrected chi connectivity index (χ1v) is 10.1. The highest BCUT2D eigenvalue weighted by Gasteiger charge is 2.36. The summed E-state index contributed by atoms with van der Waals surface area (Å²) in [5, 5.41) is 3.02. The summed E-state index contributed by atoms with van der Waals surface area (Å²) in [5.41, 5.74) is 2.94. The van der Waals surface area contributed by atoms with Crippen molar-refractivity contribution in [1.82, 2.24) is 10.2 Å². The van der Waals surface area contributed by atoms with E-state index in [0.717, 1.165) is 23.1 Å². The minimum Gasteiger partial charge on any atom is -0.350 e. The van der Waals surface area contributed by atoms with Crippen LogP contribution in [0.25, 0.3) is 0 Å². The largest absolute Gasteiger partial charge is 0.350 e. The molecule has 1 aliphatic rings. The number of fused-ring (bicyclic) bond motifs is 1. The molecule has 0 fully saturated rings. The molecule has 2 aromatic rings. The van der Waals surface area contributed by atoms with Crippen LogP contribution in [0, 0.1) is 0 Å². The van der Waals surface area contributed by atoms with Crippen molar-refractivity contribution in [3.63, 3.8) is 0 Å². The number of thioether (sulfide) groups is 1. The molecule has 0 spiro atoms. The average Bonchev–Trinajstić information content (AvgIpc) is 2.67. The normalized spacial score (nSPS) is 16.3. The second kappa shape index (κ2) is 8.41. The van der Waals surface area contributed by atoms with Gasteiger partial charge in [-0.1, -0.05) is 43.3 Å². The van der Waals surface area contributed by atoms with Gasteiger partial charge in [0, 0.05) is 18.0 Å². The molecule has 1 heterocycles. The van der Waals surface area contributed by atoms with E-state index in [-0.39, 0.29) is 11.8 Å². The first-order valence-electron chi connectivity index (χ1n) is 8.92. The summed E-state index contributed by atoms with van der Waals surface area (Å²) in [6.45, 7) is 3.07. The Labute approximate surface area is 159 Å². The fourth-order valence-corrected chi connectivity index (χ4v) is 3.75. The summed E-state index contributed by atoms with van der Waals surface area (Å²) in [6.07, 6.45) is 3.24. The van der Waals surface area contributed by atoms with E-state index in [1.54, 1.807) is 16.7 Å². The van der Waals surface area contributed by atoms with Gasteiger partial charge < -0.3 is 10.2 Å². The van der Waals surface area contributed by atoms with E-state index < -0.39 is 6.04 Å². The zero-order valence-corrected chi connectivity index (χ0v) is 16.0. The van der Waals surface area contributed by atoms with Gasteiger partial charge in [0.1, 0.15) is 6.04 Å². The minimum absolute atomic E-state index is 0.0232. The van der Waals surface area contributed by atoms with Gasteiger partial charge in [-0.25, -0.2) is 0 Å². The number of carbonyl (C=O) groups is 2. The maximum Gasteiger partial charge on any atom is 0.247 e. The molecule has 0 radical (unpaired) electrons. The van der Waals surface area contributed by atoms with Crippen LogP contribution in [0.1, 0.15) is 36.1 Å². The first kappa shape index (κ1) is 18.5. The second-order valence-corrected chi connectivity index (χ2v) is 7.31. The van der Waals surface area contributed by atoms with Crippen molar-refractivity contribution in [2.75, 3.05) is 12.8 Å². The average molecular weight is 369 g/mol. The van der Waals surface area contributed by atoms with E-state index >= 15 is 0 Å². The maximum atomic E-state index is 13.0. The number of amides is 2. The summed E-state index contributed by atoms with van der Waals surface area (Å²) in [6, 6.07) is 15.4. The molecule has 0 aromatic heterocycles. The molecular formula is C21H24N2O2S. The molecule has 1 atom stereocenters. The molecule has 136 valence electrons. The van der Waals surface area contributed by atoms with Gasteiger partial charge in [-0.3, -0.25) is 9.59 Å². The van der Waals surface area contributed by atoms with Crippen molar-refractivity contribution in [3.05, 3.63) is 65.2 Å². The fraction of sp³-hybridized carbons (Fsp3) is 0.333. The van der Waals surface area contributed by atoms with E-state index in [1.807, 2.05) is 49.6 Å². The van der Waals surface area contributed by atoms with Gasteiger partial charge in [0.25, 0.3) is 0 Å². The number of hydrogen-bond donors (Lipinski definition) is 1. The Morgan fingerprint density at radius 2 is 1.92 bits per heavy atom. The Kier molecular flexibility index (Phi) is 5.99. The van der Waals surface area contributed by atoms with Gasteiger partial charge >= 0.3 is 0 Å². The molecule has 0 saturated heterocycles. The highest BCUT2D eigenvalue weighted by Crippen LogP contribution is 2.30. The fourth-order valence-electron chi connectivity index (χ4n) is 3.35. The predicted octanol–water partition coefficient (Wildman–Crippen LogP) is 3.56. The molecule has 1 N–H and O–H groups in total. The number of carbonyl (C=O) groups excluding carboxylic acids is 2. The minimum atomic E-state index is -0.544. The number of nitrogens with zero attached hydrogens (tertiary/aromatic N) is 1. The lowest BCUT2D eigenvalue weighted by molar-refractivity contribution is -0.141. The lowest BCUT2D eigenvalue weighted by Crippen LogP contribution is -2.47. The Morgan fingerprint density at radius 1 is 1.19 bits per heavy atom. The summed E-state index contributed by atoms with van der Waals surface area (Å²) in [5.74, 6) is -0.0945. The van der Waals surface area contributed by atoms with Gasteiger partial charge in [-0.2, -0.15) is 0 Å². The van der Waals surface area contributed by atoms with E-state index in [1.165, 1.54) is 4.90 Å². The molecule has 5 heteroatoms. The SMILES string of the molecule is CCCN1C(=O)Cc2ccccc2C1C(=O)NCc1ccc(SC)cc1. The summed E-state index contributed by atoms with van der Waals surface area (Å²) >= 11 is 1.69. The van der Waals surface area contributed by atoms with Crippen molar-refractivity contribution in [3.8, 4) is 0 Å². The Balaban J connectivity index is 1.79. The number of nitrogens with one attached hydrogen (secondary N) is 1. The molecule has 0 aliphatic carbocycles. The third-order valence-electron chi connectivity index (χ3n) is 4.66. The van der Waals surface area contributed by atoms with Crippen LogP contribution in [0.2, 0.25) is 0 Å². The summed E-state index contributed by atoms with van der Waals surface area (Å²) in [4.78, 5) is 28.4. The van der Waals surface area contributed by atoms with Gasteiger partial charge in [0.2, 0.25) is 11.8 Å². The smallest absolute Gasteiger partial charge is 0.247 e. The Hall–Kier alpha value is -2.27. The standard InChI is InChI=1S/C21H24N2O2S/c1-3-12-23-19(24)13-16-6-4-5-7-18(16)20(23)21(25)22-14-15-8-10-17(26-2)11-9-15/h4-11,20H,3,12-14H2,1-2H3,(H,22,25). The lowest BCUT2D eigenvalue weighted by Gasteiger charge is -2.36. The van der Waals surface area contributed by atoms with Gasteiger partial charge in [-0.15, -0.1) is 11.8 Å². The van der Waals surface area contributed by atoms with Crippen molar-refractivity contribution in [2.24, 2.45) is 0 Å². The highest BCUT2D eigenvalue weighted by molar-refractivity contribution is 7.98. The van der Waals surface area contributed by atoms with E-state index in [4.69, 9.17) is 0 Å². The summed E-state index contributed by atoms with van der Waals surface area (Å²) < 4.78 is 0. The van der Waals surface area contributed by atoms with Crippen LogP contribution >= 0.6 is 11.8 Å². The Morgan fingerprint density at radius 3 is 2.62 bits per heavy atom. The van der Waals surface area contributed by atoms with Crippen LogP contribution in [-0.2, 0) is 22.6 Å². The van der Waals surface area contributed by atoms with E-state index in [0.29, 0.717) is 19.5 Å². The zero-order valence-electron chi connectivity index (χ0n) is 15.2. The van der Waals surface area contributed by atoms with Crippen LogP contribution in [0.3, 0.4) is 0 Å². The molecule has 4 nitrogen and oxygen atoms in total. The lowest BCUT2D eigenvalue weighted by atomic mass is 9.91.